The van der Waals surface area contributed by atoms with E-state index in [2.05, 4.69) is 0 Å². The SMILES string of the molecule is O=C(O)C1CCN(C(=O)c2cc([N+](=O)[O-])cn2C2CC2)C1. The van der Waals surface area contributed by atoms with Crippen molar-refractivity contribution < 1.29 is 19.6 Å². The van der Waals surface area contributed by atoms with Crippen LogP contribution in [0.3, 0.4) is 0 Å². The van der Waals surface area contributed by atoms with E-state index in [-0.39, 0.29) is 29.9 Å². The first-order valence-corrected chi connectivity index (χ1v) is 6.85. The zero-order valence-corrected chi connectivity index (χ0v) is 11.3. The number of amides is 1. The van der Waals surface area contributed by atoms with Crippen LogP contribution in [0.5, 0.6) is 0 Å². The third kappa shape index (κ3) is 2.48. The summed E-state index contributed by atoms with van der Waals surface area (Å²) in [5.41, 5.74) is 0.189. The molecule has 1 unspecified atom stereocenters. The summed E-state index contributed by atoms with van der Waals surface area (Å²) in [5, 5.41) is 19.9. The van der Waals surface area contributed by atoms with Crippen molar-refractivity contribution in [2.24, 2.45) is 5.92 Å². The first-order chi connectivity index (χ1) is 9.97. The van der Waals surface area contributed by atoms with E-state index in [4.69, 9.17) is 5.11 Å². The van der Waals surface area contributed by atoms with Crippen molar-refractivity contribution in [2.45, 2.75) is 25.3 Å². The van der Waals surface area contributed by atoms with Crippen molar-refractivity contribution >= 4 is 17.6 Å². The number of hydrogen-bond donors (Lipinski definition) is 1. The van der Waals surface area contributed by atoms with Crippen LogP contribution in [0.25, 0.3) is 0 Å². The van der Waals surface area contributed by atoms with E-state index in [1.165, 1.54) is 17.2 Å². The molecule has 1 aliphatic heterocycles. The Hall–Kier alpha value is -2.38. The fourth-order valence-corrected chi connectivity index (χ4v) is 2.70. The Kier molecular flexibility index (Phi) is 3.15. The fourth-order valence-electron chi connectivity index (χ4n) is 2.70. The minimum absolute atomic E-state index is 0.0979. The van der Waals surface area contributed by atoms with E-state index in [0.29, 0.717) is 13.0 Å². The number of rotatable bonds is 4. The van der Waals surface area contributed by atoms with Crippen molar-refractivity contribution in [3.8, 4) is 0 Å². The van der Waals surface area contributed by atoms with E-state index >= 15 is 0 Å². The average molecular weight is 293 g/mol. The lowest BCUT2D eigenvalue weighted by atomic mass is 10.1. The second-order valence-corrected chi connectivity index (χ2v) is 5.55. The standard InChI is InChI=1S/C13H15N3O5/c17-12(14-4-3-8(6-14)13(18)19)11-5-10(16(20)21)7-15(11)9-1-2-9/h5,7-9H,1-4,6H2,(H,18,19). The van der Waals surface area contributed by atoms with Gasteiger partial charge in [0.05, 0.1) is 17.0 Å². The van der Waals surface area contributed by atoms with Gasteiger partial charge in [0.15, 0.2) is 0 Å². The Labute approximate surface area is 120 Å². The minimum Gasteiger partial charge on any atom is -0.481 e. The molecule has 112 valence electrons. The van der Waals surface area contributed by atoms with E-state index < -0.39 is 16.8 Å². The molecule has 2 heterocycles. The van der Waals surface area contributed by atoms with Crippen LogP contribution >= 0.6 is 0 Å². The number of nitrogens with zero attached hydrogens (tertiary/aromatic N) is 3. The Bertz CT molecular complexity index is 619. The number of nitro groups is 1. The number of carbonyl (C=O) groups is 2. The van der Waals surface area contributed by atoms with Gasteiger partial charge in [-0.15, -0.1) is 0 Å². The highest BCUT2D eigenvalue weighted by Crippen LogP contribution is 2.38. The monoisotopic (exact) mass is 293 g/mol. The largest absolute Gasteiger partial charge is 0.481 e. The smallest absolute Gasteiger partial charge is 0.308 e. The zero-order valence-electron chi connectivity index (χ0n) is 11.3. The molecule has 1 saturated heterocycles. The van der Waals surface area contributed by atoms with Crippen LogP contribution in [-0.2, 0) is 4.79 Å². The maximum Gasteiger partial charge on any atom is 0.308 e. The van der Waals surface area contributed by atoms with Crippen molar-refractivity contribution in [2.75, 3.05) is 13.1 Å². The lowest BCUT2D eigenvalue weighted by Gasteiger charge is -2.16. The van der Waals surface area contributed by atoms with Gasteiger partial charge >= 0.3 is 5.97 Å². The Balaban J connectivity index is 1.84. The maximum atomic E-state index is 12.5. The number of hydrogen-bond acceptors (Lipinski definition) is 4. The van der Waals surface area contributed by atoms with Crippen LogP contribution in [0.4, 0.5) is 5.69 Å². The summed E-state index contributed by atoms with van der Waals surface area (Å²) in [6.07, 6.45) is 3.64. The fraction of sp³-hybridized carbons (Fsp3) is 0.538. The van der Waals surface area contributed by atoms with E-state index in [9.17, 15) is 19.7 Å². The third-order valence-corrected chi connectivity index (χ3v) is 4.03. The molecule has 1 saturated carbocycles. The van der Waals surface area contributed by atoms with Gasteiger partial charge in [-0.25, -0.2) is 0 Å². The average Bonchev–Trinajstić information content (AvgIpc) is 3.01. The van der Waals surface area contributed by atoms with Gasteiger partial charge in [-0.3, -0.25) is 19.7 Å². The number of carboxylic acid groups (broad SMARTS) is 1. The topological polar surface area (TPSA) is 106 Å². The number of aliphatic carboxylic acids is 1. The first-order valence-electron chi connectivity index (χ1n) is 6.85. The second-order valence-electron chi connectivity index (χ2n) is 5.55. The molecule has 8 nitrogen and oxygen atoms in total. The quantitative estimate of drug-likeness (QED) is 0.665. The molecule has 1 aromatic heterocycles. The van der Waals surface area contributed by atoms with Crippen LogP contribution in [-0.4, -0.2) is 44.5 Å². The van der Waals surface area contributed by atoms with Crippen molar-refractivity contribution in [3.63, 3.8) is 0 Å². The van der Waals surface area contributed by atoms with Gasteiger partial charge in [-0.1, -0.05) is 0 Å². The first kappa shape index (κ1) is 13.6. The lowest BCUT2D eigenvalue weighted by molar-refractivity contribution is -0.384. The molecule has 1 aliphatic carbocycles. The maximum absolute atomic E-state index is 12.5. The highest BCUT2D eigenvalue weighted by Gasteiger charge is 2.36. The Morgan fingerprint density at radius 2 is 2.05 bits per heavy atom. The van der Waals surface area contributed by atoms with Crippen LogP contribution < -0.4 is 0 Å². The number of carboxylic acids is 1. The second kappa shape index (κ2) is 4.87. The van der Waals surface area contributed by atoms with E-state index in [0.717, 1.165) is 12.8 Å². The van der Waals surface area contributed by atoms with Gasteiger partial charge in [-0.05, 0) is 19.3 Å². The molecule has 0 aromatic carbocycles. The molecule has 2 fully saturated rings. The molecule has 1 aromatic rings. The minimum atomic E-state index is -0.908. The molecule has 1 atom stereocenters. The van der Waals surface area contributed by atoms with Gasteiger partial charge < -0.3 is 14.6 Å². The molecule has 0 bridgehead atoms. The van der Waals surface area contributed by atoms with Crippen LogP contribution in [0, 0.1) is 16.0 Å². The highest BCUT2D eigenvalue weighted by atomic mass is 16.6. The normalized spacial score (nSPS) is 21.5. The number of aromatic nitrogens is 1. The predicted octanol–water partition coefficient (Wildman–Crippen LogP) is 1.28. The highest BCUT2D eigenvalue weighted by molar-refractivity contribution is 5.94. The van der Waals surface area contributed by atoms with Gasteiger partial charge in [0, 0.05) is 25.2 Å². The van der Waals surface area contributed by atoms with Crippen LogP contribution in [0.15, 0.2) is 12.3 Å². The third-order valence-electron chi connectivity index (χ3n) is 4.03. The van der Waals surface area contributed by atoms with Crippen molar-refractivity contribution in [1.82, 2.24) is 9.47 Å². The van der Waals surface area contributed by atoms with Crippen molar-refractivity contribution in [3.05, 3.63) is 28.1 Å². The zero-order chi connectivity index (χ0) is 15.1. The summed E-state index contributed by atoms with van der Waals surface area (Å²) in [5.74, 6) is -1.78. The summed E-state index contributed by atoms with van der Waals surface area (Å²) in [6, 6.07) is 1.44. The number of carbonyl (C=O) groups excluding carboxylic acids is 1. The molecular weight excluding hydrogens is 278 g/mol. The summed E-state index contributed by atoms with van der Waals surface area (Å²) in [6.45, 7) is 0.539. The lowest BCUT2D eigenvalue weighted by Crippen LogP contribution is -2.31. The summed E-state index contributed by atoms with van der Waals surface area (Å²) in [7, 11) is 0. The van der Waals surface area contributed by atoms with Gasteiger partial charge in [0.1, 0.15) is 5.69 Å². The van der Waals surface area contributed by atoms with Crippen molar-refractivity contribution in [1.29, 1.82) is 0 Å². The van der Waals surface area contributed by atoms with E-state index in [1.807, 2.05) is 0 Å². The Morgan fingerprint density at radius 3 is 2.57 bits per heavy atom. The summed E-state index contributed by atoms with van der Waals surface area (Å²) >= 11 is 0. The van der Waals surface area contributed by atoms with Crippen LogP contribution in [0.2, 0.25) is 0 Å². The van der Waals surface area contributed by atoms with Gasteiger partial charge in [0.2, 0.25) is 0 Å². The summed E-state index contributed by atoms with van der Waals surface area (Å²) < 4.78 is 1.66. The van der Waals surface area contributed by atoms with Gasteiger partial charge in [0.25, 0.3) is 11.6 Å². The van der Waals surface area contributed by atoms with Crippen LogP contribution in [0.1, 0.15) is 35.8 Å². The van der Waals surface area contributed by atoms with E-state index in [1.54, 1.807) is 4.57 Å². The molecule has 21 heavy (non-hydrogen) atoms. The molecule has 1 N–H and O–H groups in total. The molecule has 0 radical (unpaired) electrons. The summed E-state index contributed by atoms with van der Waals surface area (Å²) in [4.78, 5) is 35.3. The molecule has 3 rings (SSSR count). The molecule has 2 aliphatic rings. The predicted molar refractivity (Wildman–Crippen MR) is 71.0 cm³/mol. The molecular formula is C13H15N3O5. The molecule has 8 heteroatoms. The Morgan fingerprint density at radius 1 is 1.33 bits per heavy atom. The number of likely N-dealkylation sites (tertiary alicyclic amines) is 1. The molecule has 1 amide bonds. The van der Waals surface area contributed by atoms with Gasteiger partial charge in [-0.2, -0.15) is 0 Å². The molecule has 0 spiro atoms.